The molecule has 0 unspecified atom stereocenters. The van der Waals surface area contributed by atoms with Crippen molar-refractivity contribution in [3.05, 3.63) is 29.8 Å². The molecule has 2 rings (SSSR count). The fourth-order valence-corrected chi connectivity index (χ4v) is 2.33. The number of rotatable bonds is 5. The van der Waals surface area contributed by atoms with Gasteiger partial charge in [0.25, 0.3) is 0 Å². The first-order valence-corrected chi connectivity index (χ1v) is 7.78. The van der Waals surface area contributed by atoms with Gasteiger partial charge in [-0.3, -0.25) is 9.79 Å². The Hall–Kier alpha value is -1.51. The first-order chi connectivity index (χ1) is 10.7. The van der Waals surface area contributed by atoms with Crippen molar-refractivity contribution in [1.29, 1.82) is 0 Å². The van der Waals surface area contributed by atoms with E-state index in [2.05, 4.69) is 57.0 Å². The predicted molar refractivity (Wildman–Crippen MR) is 106 cm³/mol. The third kappa shape index (κ3) is 6.25. The van der Waals surface area contributed by atoms with Crippen molar-refractivity contribution >= 4 is 41.5 Å². The minimum Gasteiger partial charge on any atom is -0.360 e. The smallest absolute Gasteiger partial charge is 0.239 e. The van der Waals surface area contributed by atoms with Crippen LogP contribution >= 0.6 is 24.0 Å². The van der Waals surface area contributed by atoms with E-state index >= 15 is 0 Å². The summed E-state index contributed by atoms with van der Waals surface area (Å²) in [6.07, 6.45) is 1.07. The zero-order valence-electron chi connectivity index (χ0n) is 13.8. The van der Waals surface area contributed by atoms with Crippen molar-refractivity contribution in [1.82, 2.24) is 16.0 Å². The van der Waals surface area contributed by atoms with E-state index in [0.29, 0.717) is 13.1 Å². The van der Waals surface area contributed by atoms with Gasteiger partial charge in [-0.05, 0) is 24.1 Å². The van der Waals surface area contributed by atoms with Crippen LogP contribution in [0.4, 0.5) is 5.69 Å². The Labute approximate surface area is 155 Å². The highest BCUT2D eigenvalue weighted by Gasteiger charge is 2.16. The summed E-state index contributed by atoms with van der Waals surface area (Å²) >= 11 is 0. The molecule has 1 aliphatic heterocycles. The van der Waals surface area contributed by atoms with Gasteiger partial charge in [0.15, 0.2) is 5.96 Å². The number of hydrogen-bond acceptors (Lipinski definition) is 3. The maximum absolute atomic E-state index is 11.4. The zero-order chi connectivity index (χ0) is 15.8. The summed E-state index contributed by atoms with van der Waals surface area (Å²) in [6, 6.07) is 8.31. The third-order valence-electron chi connectivity index (χ3n) is 3.57. The standard InChI is InChI=1S/C16H25N5O.HI/c1-3-8-19-16(17-2)20-11-13-4-6-14(7-5-13)21-10-9-18-15(22)12-21;/h4-7H,3,8-12H2,1-2H3,(H,18,22)(H2,17,19,20);1H. The van der Waals surface area contributed by atoms with Crippen molar-refractivity contribution < 1.29 is 4.79 Å². The summed E-state index contributed by atoms with van der Waals surface area (Å²) in [5.41, 5.74) is 2.27. The van der Waals surface area contributed by atoms with Gasteiger partial charge in [-0.25, -0.2) is 0 Å². The Balaban J connectivity index is 0.00000264. The Morgan fingerprint density at radius 2 is 2.04 bits per heavy atom. The molecule has 6 nitrogen and oxygen atoms in total. The number of carbonyl (C=O) groups is 1. The summed E-state index contributed by atoms with van der Waals surface area (Å²) < 4.78 is 0. The molecule has 0 radical (unpaired) electrons. The van der Waals surface area contributed by atoms with E-state index in [1.807, 2.05) is 0 Å². The van der Waals surface area contributed by atoms with Gasteiger partial charge in [0.2, 0.25) is 5.91 Å². The molecule has 1 saturated heterocycles. The monoisotopic (exact) mass is 431 g/mol. The van der Waals surface area contributed by atoms with Gasteiger partial charge in [0.1, 0.15) is 0 Å². The van der Waals surface area contributed by atoms with E-state index in [1.54, 1.807) is 7.05 Å². The molecule has 1 aliphatic rings. The van der Waals surface area contributed by atoms with Crippen LogP contribution in [0.1, 0.15) is 18.9 Å². The maximum Gasteiger partial charge on any atom is 0.239 e. The van der Waals surface area contributed by atoms with Gasteiger partial charge in [0.05, 0.1) is 6.54 Å². The second kappa shape index (κ2) is 10.3. The highest BCUT2D eigenvalue weighted by Crippen LogP contribution is 2.15. The van der Waals surface area contributed by atoms with E-state index in [9.17, 15) is 4.79 Å². The van der Waals surface area contributed by atoms with E-state index in [4.69, 9.17) is 0 Å². The van der Waals surface area contributed by atoms with Crippen molar-refractivity contribution in [3.63, 3.8) is 0 Å². The van der Waals surface area contributed by atoms with Gasteiger partial charge in [-0.2, -0.15) is 0 Å². The van der Waals surface area contributed by atoms with Gasteiger partial charge in [-0.1, -0.05) is 19.1 Å². The number of nitrogens with zero attached hydrogens (tertiary/aromatic N) is 2. The predicted octanol–water partition coefficient (Wildman–Crippen LogP) is 1.32. The molecule has 3 N–H and O–H groups in total. The van der Waals surface area contributed by atoms with Crippen molar-refractivity contribution in [2.75, 3.05) is 38.1 Å². The minimum absolute atomic E-state index is 0. The second-order valence-corrected chi connectivity index (χ2v) is 5.29. The molecule has 0 spiro atoms. The minimum atomic E-state index is 0. The van der Waals surface area contributed by atoms with Gasteiger partial charge in [-0.15, -0.1) is 24.0 Å². The number of benzene rings is 1. The highest BCUT2D eigenvalue weighted by atomic mass is 127. The summed E-state index contributed by atoms with van der Waals surface area (Å²) in [4.78, 5) is 17.7. The number of piperazine rings is 1. The summed E-state index contributed by atoms with van der Waals surface area (Å²) in [6.45, 7) is 5.77. The van der Waals surface area contributed by atoms with Crippen LogP contribution in [0, 0.1) is 0 Å². The van der Waals surface area contributed by atoms with Gasteiger partial charge in [0, 0.05) is 38.9 Å². The topological polar surface area (TPSA) is 68.8 Å². The first kappa shape index (κ1) is 19.5. The summed E-state index contributed by atoms with van der Waals surface area (Å²) in [7, 11) is 1.77. The number of amides is 1. The molecule has 0 aliphatic carbocycles. The average Bonchev–Trinajstić information content (AvgIpc) is 2.55. The average molecular weight is 431 g/mol. The van der Waals surface area contributed by atoms with E-state index in [-0.39, 0.29) is 29.9 Å². The number of nitrogens with one attached hydrogen (secondary N) is 3. The Kier molecular flexibility index (Phi) is 8.75. The van der Waals surface area contributed by atoms with Gasteiger partial charge >= 0.3 is 0 Å². The fourth-order valence-electron chi connectivity index (χ4n) is 2.33. The normalized spacial score (nSPS) is 14.8. The number of carbonyl (C=O) groups excluding carboxylic acids is 1. The summed E-state index contributed by atoms with van der Waals surface area (Å²) in [5, 5.41) is 9.37. The lowest BCUT2D eigenvalue weighted by atomic mass is 10.2. The van der Waals surface area contributed by atoms with Crippen LogP contribution in [0.25, 0.3) is 0 Å². The highest BCUT2D eigenvalue weighted by molar-refractivity contribution is 14.0. The molecule has 0 bridgehead atoms. The van der Waals surface area contributed by atoms with E-state index < -0.39 is 0 Å². The van der Waals surface area contributed by atoms with Crippen LogP contribution in [-0.2, 0) is 11.3 Å². The Morgan fingerprint density at radius 3 is 2.65 bits per heavy atom. The molecular weight excluding hydrogens is 405 g/mol. The van der Waals surface area contributed by atoms with E-state index in [1.165, 1.54) is 5.56 Å². The Bertz CT molecular complexity index is 518. The molecule has 23 heavy (non-hydrogen) atoms. The summed E-state index contributed by atoms with van der Waals surface area (Å²) in [5.74, 6) is 0.904. The number of guanidine groups is 1. The number of halogens is 1. The lowest BCUT2D eigenvalue weighted by Crippen LogP contribution is -2.47. The number of hydrogen-bond donors (Lipinski definition) is 3. The molecule has 1 amide bonds. The molecular formula is C16H26IN5O. The molecule has 128 valence electrons. The van der Waals surface area contributed by atoms with E-state index in [0.717, 1.165) is 37.7 Å². The van der Waals surface area contributed by atoms with Crippen LogP contribution in [-0.4, -0.2) is 45.1 Å². The molecule has 1 aromatic carbocycles. The lowest BCUT2D eigenvalue weighted by molar-refractivity contribution is -0.120. The largest absolute Gasteiger partial charge is 0.360 e. The third-order valence-corrected chi connectivity index (χ3v) is 3.57. The maximum atomic E-state index is 11.4. The molecule has 0 atom stereocenters. The van der Waals surface area contributed by atoms with Crippen LogP contribution in [0.15, 0.2) is 29.3 Å². The molecule has 7 heteroatoms. The zero-order valence-corrected chi connectivity index (χ0v) is 16.1. The Morgan fingerprint density at radius 1 is 1.30 bits per heavy atom. The second-order valence-electron chi connectivity index (χ2n) is 5.29. The van der Waals surface area contributed by atoms with Gasteiger partial charge < -0.3 is 20.9 Å². The van der Waals surface area contributed by atoms with Crippen LogP contribution in [0.5, 0.6) is 0 Å². The molecule has 1 fully saturated rings. The molecule has 0 aromatic heterocycles. The van der Waals surface area contributed by atoms with Crippen molar-refractivity contribution in [2.24, 2.45) is 4.99 Å². The number of aliphatic imine (C=N–C) groups is 1. The van der Waals surface area contributed by atoms with Crippen LogP contribution < -0.4 is 20.9 Å². The van der Waals surface area contributed by atoms with Crippen LogP contribution in [0.3, 0.4) is 0 Å². The number of anilines is 1. The molecule has 1 heterocycles. The van der Waals surface area contributed by atoms with Crippen LogP contribution in [0.2, 0.25) is 0 Å². The molecule has 0 saturated carbocycles. The fraction of sp³-hybridized carbons (Fsp3) is 0.500. The quantitative estimate of drug-likeness (QED) is 0.374. The lowest BCUT2D eigenvalue weighted by Gasteiger charge is -2.28. The molecule has 1 aromatic rings. The van der Waals surface area contributed by atoms with Crippen molar-refractivity contribution in [3.8, 4) is 0 Å². The SMILES string of the molecule is CCCNC(=NC)NCc1ccc(N2CCNC(=O)C2)cc1.I. The first-order valence-electron chi connectivity index (χ1n) is 7.78. The van der Waals surface area contributed by atoms with Crippen molar-refractivity contribution in [2.45, 2.75) is 19.9 Å².